The fourth-order valence-electron chi connectivity index (χ4n) is 1.84. The van der Waals surface area contributed by atoms with Crippen LogP contribution in [0.15, 0.2) is 22.7 Å². The van der Waals surface area contributed by atoms with Gasteiger partial charge in [-0.2, -0.15) is 5.10 Å². The van der Waals surface area contributed by atoms with Crippen molar-refractivity contribution in [3.05, 3.63) is 33.3 Å². The lowest BCUT2D eigenvalue weighted by Crippen LogP contribution is -1.98. The van der Waals surface area contributed by atoms with Gasteiger partial charge in [0.25, 0.3) is 0 Å². The molecule has 3 rings (SSSR count). The van der Waals surface area contributed by atoms with E-state index in [1.165, 1.54) is 6.07 Å². The number of rotatable bonds is 2. The highest BCUT2D eigenvalue weighted by Gasteiger charge is 2.28. The number of aromatic nitrogens is 3. The van der Waals surface area contributed by atoms with Gasteiger partial charge >= 0.3 is 0 Å². The number of nitrogens with zero attached hydrogens (tertiary/aromatic N) is 2. The van der Waals surface area contributed by atoms with Crippen LogP contribution in [0.5, 0.6) is 0 Å². The minimum Gasteiger partial charge on any atom is -0.297 e. The summed E-state index contributed by atoms with van der Waals surface area (Å²) in [6.45, 7) is 0. The van der Waals surface area contributed by atoms with Crippen LogP contribution in [0.2, 0.25) is 0 Å². The second kappa shape index (κ2) is 4.03. The summed E-state index contributed by atoms with van der Waals surface area (Å²) in [4.78, 5) is 0. The molecule has 1 aliphatic carbocycles. The van der Waals surface area contributed by atoms with Gasteiger partial charge in [0, 0.05) is 11.6 Å². The summed E-state index contributed by atoms with van der Waals surface area (Å²) in [6.07, 6.45) is 2.21. The van der Waals surface area contributed by atoms with Crippen LogP contribution in [0.3, 0.4) is 0 Å². The molecule has 0 amide bonds. The predicted octanol–water partition coefficient (Wildman–Crippen LogP) is 3.84. The monoisotopic (exact) mass is 313 g/mol. The Morgan fingerprint density at radius 1 is 1.47 bits per heavy atom. The minimum atomic E-state index is -0.293. The van der Waals surface area contributed by atoms with E-state index in [-0.39, 0.29) is 5.82 Å². The molecular weight excluding hydrogens is 305 g/mol. The molecule has 17 heavy (non-hydrogen) atoms. The average molecular weight is 314 g/mol. The predicted molar refractivity (Wildman–Crippen MR) is 68.8 cm³/mol. The second-order valence-electron chi connectivity index (χ2n) is 4.05. The van der Waals surface area contributed by atoms with Crippen molar-refractivity contribution in [2.24, 2.45) is 0 Å². The molecule has 1 heterocycles. The smallest absolute Gasteiger partial charge is 0.195 e. The molecule has 0 spiro atoms. The maximum Gasteiger partial charge on any atom is 0.195 e. The Bertz CT molecular complexity index is 630. The summed E-state index contributed by atoms with van der Waals surface area (Å²) in [7, 11) is 0. The van der Waals surface area contributed by atoms with Gasteiger partial charge in [-0.05, 0) is 53.1 Å². The summed E-state index contributed by atoms with van der Waals surface area (Å²) in [5.41, 5.74) is 0.726. The molecule has 1 aromatic carbocycles. The summed E-state index contributed by atoms with van der Waals surface area (Å²) in [5.74, 6) is 0.405. The van der Waals surface area contributed by atoms with E-state index in [0.717, 1.165) is 18.4 Å². The van der Waals surface area contributed by atoms with E-state index in [2.05, 4.69) is 26.1 Å². The van der Waals surface area contributed by atoms with Crippen LogP contribution < -0.4 is 0 Å². The Hall–Kier alpha value is -1.01. The third kappa shape index (κ3) is 1.85. The van der Waals surface area contributed by atoms with Crippen LogP contribution in [0, 0.1) is 10.6 Å². The topological polar surface area (TPSA) is 33.6 Å². The maximum absolute atomic E-state index is 13.5. The van der Waals surface area contributed by atoms with Crippen molar-refractivity contribution in [2.45, 2.75) is 18.9 Å². The van der Waals surface area contributed by atoms with Crippen molar-refractivity contribution >= 4 is 28.1 Å². The van der Waals surface area contributed by atoms with Crippen LogP contribution in [0.4, 0.5) is 4.39 Å². The summed E-state index contributed by atoms with van der Waals surface area (Å²) < 4.78 is 16.5. The Balaban J connectivity index is 2.21. The first-order chi connectivity index (χ1) is 8.18. The van der Waals surface area contributed by atoms with Crippen LogP contribution in [0.1, 0.15) is 18.9 Å². The molecule has 0 atom stereocenters. The van der Waals surface area contributed by atoms with Gasteiger partial charge in [0.2, 0.25) is 0 Å². The highest BCUT2D eigenvalue weighted by atomic mass is 79.9. The quantitative estimate of drug-likeness (QED) is 0.854. The first kappa shape index (κ1) is 11.1. The Kier molecular flexibility index (Phi) is 2.63. The van der Waals surface area contributed by atoms with Crippen LogP contribution in [-0.2, 0) is 0 Å². The number of H-pyrrole nitrogens is 1. The standard InChI is InChI=1S/C11H9BrFN3S/c12-9-7(2-1-3-8(9)13)10-14-15-11(17)16(10)6-4-5-6/h1-3,6H,4-5H2,(H,15,17). The van der Waals surface area contributed by atoms with E-state index in [4.69, 9.17) is 12.2 Å². The van der Waals surface area contributed by atoms with Gasteiger partial charge < -0.3 is 0 Å². The highest BCUT2D eigenvalue weighted by Crippen LogP contribution is 2.39. The van der Waals surface area contributed by atoms with Crippen molar-refractivity contribution < 1.29 is 4.39 Å². The average Bonchev–Trinajstić information content (AvgIpc) is 3.07. The van der Waals surface area contributed by atoms with Gasteiger partial charge in [-0.3, -0.25) is 9.67 Å². The molecule has 0 saturated heterocycles. The van der Waals surface area contributed by atoms with Gasteiger partial charge in [-0.1, -0.05) is 6.07 Å². The van der Waals surface area contributed by atoms with E-state index < -0.39 is 0 Å². The molecule has 0 aliphatic heterocycles. The minimum absolute atomic E-state index is 0.293. The third-order valence-electron chi connectivity index (χ3n) is 2.81. The van der Waals surface area contributed by atoms with E-state index >= 15 is 0 Å². The lowest BCUT2D eigenvalue weighted by atomic mass is 10.2. The fraction of sp³-hybridized carbons (Fsp3) is 0.273. The summed E-state index contributed by atoms with van der Waals surface area (Å²) >= 11 is 8.45. The molecular formula is C11H9BrFN3S. The van der Waals surface area contributed by atoms with Gasteiger partial charge in [-0.15, -0.1) is 0 Å². The Labute approximate surface area is 111 Å². The molecule has 1 N–H and O–H groups in total. The lowest BCUT2D eigenvalue weighted by molar-refractivity contribution is 0.621. The molecule has 0 unspecified atom stereocenters. The van der Waals surface area contributed by atoms with Crippen LogP contribution in [-0.4, -0.2) is 14.8 Å². The molecule has 3 nitrogen and oxygen atoms in total. The number of nitrogens with one attached hydrogen (secondary N) is 1. The Morgan fingerprint density at radius 3 is 2.94 bits per heavy atom. The van der Waals surface area contributed by atoms with E-state index in [1.807, 2.05) is 10.6 Å². The largest absolute Gasteiger partial charge is 0.297 e. The van der Waals surface area contributed by atoms with Crippen LogP contribution in [0.25, 0.3) is 11.4 Å². The molecule has 1 fully saturated rings. The van der Waals surface area contributed by atoms with Crippen molar-refractivity contribution in [2.75, 3.05) is 0 Å². The normalized spacial score (nSPS) is 15.2. The molecule has 88 valence electrons. The van der Waals surface area contributed by atoms with Crippen molar-refractivity contribution in [3.63, 3.8) is 0 Å². The van der Waals surface area contributed by atoms with E-state index in [0.29, 0.717) is 21.1 Å². The SMILES string of the molecule is Fc1cccc(-c2n[nH]c(=S)n2C2CC2)c1Br. The first-order valence-electron chi connectivity index (χ1n) is 5.30. The van der Waals surface area contributed by atoms with Crippen molar-refractivity contribution in [1.82, 2.24) is 14.8 Å². The first-order valence-corrected chi connectivity index (χ1v) is 6.50. The molecule has 1 aliphatic rings. The molecule has 1 aromatic heterocycles. The number of aromatic amines is 1. The van der Waals surface area contributed by atoms with Gasteiger partial charge in [0.15, 0.2) is 10.6 Å². The van der Waals surface area contributed by atoms with E-state index in [1.54, 1.807) is 6.07 Å². The molecule has 2 aromatic rings. The molecule has 6 heteroatoms. The fourth-order valence-corrected chi connectivity index (χ4v) is 2.57. The maximum atomic E-state index is 13.5. The zero-order valence-electron chi connectivity index (χ0n) is 8.78. The third-order valence-corrected chi connectivity index (χ3v) is 3.90. The second-order valence-corrected chi connectivity index (χ2v) is 5.23. The summed E-state index contributed by atoms with van der Waals surface area (Å²) in [6, 6.07) is 5.32. The van der Waals surface area contributed by atoms with Gasteiger partial charge in [0.05, 0.1) is 4.47 Å². The van der Waals surface area contributed by atoms with Gasteiger partial charge in [-0.25, -0.2) is 4.39 Å². The number of hydrogen-bond acceptors (Lipinski definition) is 2. The zero-order chi connectivity index (χ0) is 12.0. The van der Waals surface area contributed by atoms with Crippen LogP contribution >= 0.6 is 28.1 Å². The highest BCUT2D eigenvalue weighted by molar-refractivity contribution is 9.10. The van der Waals surface area contributed by atoms with Crippen molar-refractivity contribution in [3.8, 4) is 11.4 Å². The molecule has 0 bridgehead atoms. The van der Waals surface area contributed by atoms with E-state index in [9.17, 15) is 4.39 Å². The number of hydrogen-bond donors (Lipinski definition) is 1. The number of halogens is 2. The summed E-state index contributed by atoms with van der Waals surface area (Å²) in [5, 5.41) is 6.97. The molecule has 0 radical (unpaired) electrons. The number of benzene rings is 1. The lowest BCUT2D eigenvalue weighted by Gasteiger charge is -2.07. The van der Waals surface area contributed by atoms with Crippen molar-refractivity contribution in [1.29, 1.82) is 0 Å². The Morgan fingerprint density at radius 2 is 2.24 bits per heavy atom. The van der Waals surface area contributed by atoms with Gasteiger partial charge in [0.1, 0.15) is 5.82 Å². The zero-order valence-corrected chi connectivity index (χ0v) is 11.2. The molecule has 1 saturated carbocycles.